The van der Waals surface area contributed by atoms with Crippen molar-refractivity contribution in [2.45, 2.75) is 52.4 Å². The number of fused-ring (bicyclic) bond motifs is 1. The Morgan fingerprint density at radius 2 is 1.40 bits per heavy atom. The molecule has 2 heteroatoms. The molecular formula is C18H22Cl2. The molecule has 0 atom stereocenters. The monoisotopic (exact) mass is 308 g/mol. The normalized spacial score (nSPS) is 13.0. The summed E-state index contributed by atoms with van der Waals surface area (Å²) in [7, 11) is 0. The maximum Gasteiger partial charge on any atom is 0.0536 e. The molecule has 108 valence electrons. The molecule has 0 aliphatic heterocycles. The molecule has 0 saturated heterocycles. The number of benzene rings is 2. The van der Waals surface area contributed by atoms with Crippen molar-refractivity contribution in [2.75, 3.05) is 0 Å². The lowest BCUT2D eigenvalue weighted by molar-refractivity contribution is 0.589. The number of halogens is 2. The second-order valence-corrected chi connectivity index (χ2v) is 8.27. The van der Waals surface area contributed by atoms with Crippen LogP contribution in [0, 0.1) is 0 Å². The minimum Gasteiger partial charge on any atom is -0.0839 e. The van der Waals surface area contributed by atoms with E-state index in [1.54, 1.807) is 0 Å². The van der Waals surface area contributed by atoms with Gasteiger partial charge in [-0.1, -0.05) is 82.9 Å². The average Bonchev–Trinajstić information content (AvgIpc) is 2.24. The molecule has 0 N–H and O–H groups in total. The zero-order chi connectivity index (χ0) is 15.3. The molecule has 0 nitrogen and oxygen atoms in total. The SMILES string of the molecule is CC(C)(C)c1ccc2c(Cl)c(C(C)(C)C)c(Cl)cc2c1. The minimum atomic E-state index is -0.0644. The predicted octanol–water partition coefficient (Wildman–Crippen LogP) is 6.74. The van der Waals surface area contributed by atoms with Crippen molar-refractivity contribution in [1.29, 1.82) is 0 Å². The Morgan fingerprint density at radius 1 is 0.800 bits per heavy atom. The van der Waals surface area contributed by atoms with E-state index in [0.29, 0.717) is 0 Å². The van der Waals surface area contributed by atoms with Crippen LogP contribution in [0.15, 0.2) is 24.3 Å². The van der Waals surface area contributed by atoms with Crippen molar-refractivity contribution >= 4 is 34.0 Å². The highest BCUT2D eigenvalue weighted by Crippen LogP contribution is 2.41. The van der Waals surface area contributed by atoms with Gasteiger partial charge in [0.2, 0.25) is 0 Å². The van der Waals surface area contributed by atoms with E-state index in [0.717, 1.165) is 26.4 Å². The standard InChI is InChI=1S/C18H22Cl2/c1-17(2,3)12-7-8-13-11(9-12)10-14(19)15(16(13)20)18(4,5)6/h7-10H,1-6H3. The van der Waals surface area contributed by atoms with E-state index >= 15 is 0 Å². The molecule has 0 aliphatic carbocycles. The molecule has 2 rings (SSSR count). The molecule has 2 aromatic rings. The zero-order valence-corrected chi connectivity index (χ0v) is 14.6. The second kappa shape index (κ2) is 4.93. The molecule has 0 fully saturated rings. The summed E-state index contributed by atoms with van der Waals surface area (Å²) in [6.45, 7) is 13.0. The van der Waals surface area contributed by atoms with Crippen molar-refractivity contribution in [3.05, 3.63) is 45.4 Å². The third-order valence-electron chi connectivity index (χ3n) is 3.64. The molecule has 0 bridgehead atoms. The lowest BCUT2D eigenvalue weighted by Gasteiger charge is -2.24. The van der Waals surface area contributed by atoms with Gasteiger partial charge in [0.15, 0.2) is 0 Å². The summed E-state index contributed by atoms with van der Waals surface area (Å²) in [4.78, 5) is 0. The number of hydrogen-bond acceptors (Lipinski definition) is 0. The van der Waals surface area contributed by atoms with E-state index in [-0.39, 0.29) is 10.8 Å². The topological polar surface area (TPSA) is 0 Å². The largest absolute Gasteiger partial charge is 0.0839 e. The summed E-state index contributed by atoms with van der Waals surface area (Å²) in [5.41, 5.74) is 2.37. The maximum absolute atomic E-state index is 6.61. The van der Waals surface area contributed by atoms with Gasteiger partial charge in [-0.05, 0) is 33.4 Å². The number of rotatable bonds is 0. The van der Waals surface area contributed by atoms with Crippen LogP contribution in [0.25, 0.3) is 10.8 Å². The molecular weight excluding hydrogens is 287 g/mol. The van der Waals surface area contributed by atoms with E-state index in [9.17, 15) is 0 Å². The van der Waals surface area contributed by atoms with Crippen LogP contribution in [-0.2, 0) is 10.8 Å². The summed E-state index contributed by atoms with van der Waals surface area (Å²) >= 11 is 13.1. The van der Waals surface area contributed by atoms with Gasteiger partial charge in [-0.3, -0.25) is 0 Å². The molecule has 0 saturated carbocycles. The van der Waals surface area contributed by atoms with Crippen LogP contribution < -0.4 is 0 Å². The molecule has 0 aromatic heterocycles. The first-order valence-electron chi connectivity index (χ1n) is 6.94. The summed E-state index contributed by atoms with van der Waals surface area (Å²) in [6, 6.07) is 8.51. The fourth-order valence-corrected chi connectivity index (χ4v) is 3.59. The van der Waals surface area contributed by atoms with Gasteiger partial charge in [-0.15, -0.1) is 0 Å². The Balaban J connectivity index is 2.77. The summed E-state index contributed by atoms with van der Waals surface area (Å²) < 4.78 is 0. The van der Waals surface area contributed by atoms with E-state index in [2.05, 4.69) is 59.7 Å². The van der Waals surface area contributed by atoms with Gasteiger partial charge in [-0.25, -0.2) is 0 Å². The molecule has 0 spiro atoms. The smallest absolute Gasteiger partial charge is 0.0536 e. The molecule has 0 radical (unpaired) electrons. The Kier molecular flexibility index (Phi) is 3.86. The van der Waals surface area contributed by atoms with Crippen LogP contribution in [0.4, 0.5) is 0 Å². The Hall–Kier alpha value is -0.720. The highest BCUT2D eigenvalue weighted by atomic mass is 35.5. The molecule has 0 heterocycles. The Labute approximate surface area is 132 Å². The van der Waals surface area contributed by atoms with E-state index in [1.165, 1.54) is 5.56 Å². The fraction of sp³-hybridized carbons (Fsp3) is 0.444. The van der Waals surface area contributed by atoms with Crippen LogP contribution in [0.5, 0.6) is 0 Å². The Morgan fingerprint density at radius 3 is 1.90 bits per heavy atom. The molecule has 0 aliphatic rings. The van der Waals surface area contributed by atoms with Crippen molar-refractivity contribution in [3.63, 3.8) is 0 Å². The van der Waals surface area contributed by atoms with Gasteiger partial charge >= 0.3 is 0 Å². The minimum absolute atomic E-state index is 0.0644. The third-order valence-corrected chi connectivity index (χ3v) is 4.34. The van der Waals surface area contributed by atoms with Crippen molar-refractivity contribution in [2.24, 2.45) is 0 Å². The van der Waals surface area contributed by atoms with Crippen LogP contribution in [-0.4, -0.2) is 0 Å². The molecule has 0 amide bonds. The number of hydrogen-bond donors (Lipinski definition) is 0. The lowest BCUT2D eigenvalue weighted by atomic mass is 9.83. The van der Waals surface area contributed by atoms with E-state index < -0.39 is 0 Å². The predicted molar refractivity (Wildman–Crippen MR) is 91.4 cm³/mol. The third kappa shape index (κ3) is 2.82. The van der Waals surface area contributed by atoms with Gasteiger partial charge in [0.25, 0.3) is 0 Å². The summed E-state index contributed by atoms with van der Waals surface area (Å²) in [5, 5.41) is 3.72. The maximum atomic E-state index is 6.61. The molecule has 0 unspecified atom stereocenters. The summed E-state index contributed by atoms with van der Waals surface area (Å²) in [6.07, 6.45) is 0. The summed E-state index contributed by atoms with van der Waals surface area (Å²) in [5.74, 6) is 0. The first kappa shape index (κ1) is 15.7. The quantitative estimate of drug-likeness (QED) is 0.505. The molecule has 20 heavy (non-hydrogen) atoms. The highest BCUT2D eigenvalue weighted by Gasteiger charge is 2.23. The zero-order valence-electron chi connectivity index (χ0n) is 13.1. The molecule has 2 aromatic carbocycles. The Bertz CT molecular complexity index is 656. The van der Waals surface area contributed by atoms with Gasteiger partial charge in [0.05, 0.1) is 5.02 Å². The van der Waals surface area contributed by atoms with Crippen LogP contribution >= 0.6 is 23.2 Å². The van der Waals surface area contributed by atoms with Gasteiger partial charge < -0.3 is 0 Å². The van der Waals surface area contributed by atoms with Crippen molar-refractivity contribution in [1.82, 2.24) is 0 Å². The first-order valence-corrected chi connectivity index (χ1v) is 7.70. The van der Waals surface area contributed by atoms with Gasteiger partial charge in [0.1, 0.15) is 0 Å². The van der Waals surface area contributed by atoms with Crippen molar-refractivity contribution in [3.8, 4) is 0 Å². The van der Waals surface area contributed by atoms with E-state index in [4.69, 9.17) is 23.2 Å². The van der Waals surface area contributed by atoms with E-state index in [1.807, 2.05) is 6.07 Å². The van der Waals surface area contributed by atoms with Crippen LogP contribution in [0.2, 0.25) is 10.0 Å². The highest BCUT2D eigenvalue weighted by molar-refractivity contribution is 6.40. The van der Waals surface area contributed by atoms with Crippen LogP contribution in [0.3, 0.4) is 0 Å². The van der Waals surface area contributed by atoms with Crippen LogP contribution in [0.1, 0.15) is 52.7 Å². The lowest BCUT2D eigenvalue weighted by Crippen LogP contribution is -2.13. The van der Waals surface area contributed by atoms with Gasteiger partial charge in [0, 0.05) is 10.4 Å². The fourth-order valence-electron chi connectivity index (χ4n) is 2.48. The van der Waals surface area contributed by atoms with Gasteiger partial charge in [-0.2, -0.15) is 0 Å². The first-order chi connectivity index (χ1) is 9.01. The second-order valence-electron chi connectivity index (χ2n) is 7.48. The van der Waals surface area contributed by atoms with Crippen molar-refractivity contribution < 1.29 is 0 Å². The average molecular weight is 309 g/mol.